The van der Waals surface area contributed by atoms with Crippen LogP contribution in [0.1, 0.15) is 57.7 Å². The second-order valence-corrected chi connectivity index (χ2v) is 9.97. The van der Waals surface area contributed by atoms with Gasteiger partial charge in [-0.15, -0.1) is 0 Å². The van der Waals surface area contributed by atoms with Crippen molar-refractivity contribution in [2.45, 2.75) is 64.6 Å². The summed E-state index contributed by atoms with van der Waals surface area (Å²) in [4.78, 5) is 32.5. The van der Waals surface area contributed by atoms with Crippen molar-refractivity contribution in [1.29, 1.82) is 0 Å². The second-order valence-electron chi connectivity index (χ2n) is 9.97. The van der Waals surface area contributed by atoms with Crippen LogP contribution in [0.4, 0.5) is 4.79 Å². The molecule has 31 heavy (non-hydrogen) atoms. The van der Waals surface area contributed by atoms with E-state index in [4.69, 9.17) is 14.3 Å². The predicted octanol–water partition coefficient (Wildman–Crippen LogP) is 4.41. The SMILES string of the molecule is COC(=O)C1c2c(c3ccccc3n2C(=O)OC(C)(C)C)CC2=NO[C@@H]3CC[C@H]1[C@]23C. The molecule has 1 fully saturated rings. The van der Waals surface area contributed by atoms with Gasteiger partial charge >= 0.3 is 12.1 Å². The number of para-hydroxylation sites is 1. The molecule has 7 nitrogen and oxygen atoms in total. The zero-order valence-electron chi connectivity index (χ0n) is 18.6. The van der Waals surface area contributed by atoms with Crippen molar-refractivity contribution in [1.82, 2.24) is 4.57 Å². The average molecular weight is 424 g/mol. The van der Waals surface area contributed by atoms with Gasteiger partial charge in [0.1, 0.15) is 17.6 Å². The standard InChI is InChI=1S/C24H28N2O5/c1-23(2,3)30-22(28)26-16-9-7-6-8-13(16)14-12-17-24(4)15(10-11-18(24)31-25-17)19(20(14)26)21(27)29-5/h6-9,15,18-19H,10-12H2,1-5H3/t15-,18-,19?,24-/m1/s1. The second kappa shape index (κ2) is 6.58. The van der Waals surface area contributed by atoms with Gasteiger partial charge in [0.2, 0.25) is 0 Å². The van der Waals surface area contributed by atoms with E-state index in [0.717, 1.165) is 35.0 Å². The van der Waals surface area contributed by atoms with E-state index in [1.54, 1.807) is 4.57 Å². The minimum absolute atomic E-state index is 0.0510. The number of rotatable bonds is 1. The molecule has 0 N–H and O–H groups in total. The lowest BCUT2D eigenvalue weighted by Crippen LogP contribution is -2.41. The number of carbonyl (C=O) groups is 2. The van der Waals surface area contributed by atoms with Crippen molar-refractivity contribution in [2.24, 2.45) is 16.5 Å². The lowest BCUT2D eigenvalue weighted by molar-refractivity contribution is -0.144. The Hall–Kier alpha value is -2.83. The highest BCUT2D eigenvalue weighted by Gasteiger charge is 2.61. The molecule has 5 rings (SSSR count). The van der Waals surface area contributed by atoms with Gasteiger partial charge in [-0.2, -0.15) is 0 Å². The predicted molar refractivity (Wildman–Crippen MR) is 115 cm³/mol. The monoisotopic (exact) mass is 424 g/mol. The topological polar surface area (TPSA) is 79.1 Å². The molecule has 4 atom stereocenters. The van der Waals surface area contributed by atoms with Crippen LogP contribution in [0.5, 0.6) is 0 Å². The molecule has 3 aliphatic rings. The Morgan fingerprint density at radius 2 is 1.97 bits per heavy atom. The summed E-state index contributed by atoms with van der Waals surface area (Å²) in [7, 11) is 1.41. The largest absolute Gasteiger partial charge is 0.468 e. The summed E-state index contributed by atoms with van der Waals surface area (Å²) < 4.78 is 12.7. The van der Waals surface area contributed by atoms with Crippen molar-refractivity contribution in [3.8, 4) is 0 Å². The van der Waals surface area contributed by atoms with Gasteiger partial charge in [-0.05, 0) is 51.2 Å². The molecule has 0 radical (unpaired) electrons. The van der Waals surface area contributed by atoms with E-state index < -0.39 is 17.6 Å². The molecule has 7 heteroatoms. The lowest BCUT2D eigenvalue weighted by atomic mass is 9.69. The molecule has 1 aromatic heterocycles. The van der Waals surface area contributed by atoms with Crippen LogP contribution in [0.25, 0.3) is 10.9 Å². The highest BCUT2D eigenvalue weighted by Crippen LogP contribution is 2.58. The Morgan fingerprint density at radius 1 is 1.23 bits per heavy atom. The number of carbonyl (C=O) groups excluding carboxylic acids is 2. The molecule has 0 amide bonds. The molecule has 1 aromatic carbocycles. The summed E-state index contributed by atoms with van der Waals surface area (Å²) in [6, 6.07) is 7.71. The minimum Gasteiger partial charge on any atom is -0.468 e. The number of aromatic nitrogens is 1. The zero-order chi connectivity index (χ0) is 22.1. The Labute approximate surface area is 181 Å². The van der Waals surface area contributed by atoms with Gasteiger partial charge in [0.25, 0.3) is 0 Å². The summed E-state index contributed by atoms with van der Waals surface area (Å²) in [6.45, 7) is 7.66. The van der Waals surface area contributed by atoms with Crippen LogP contribution in [0.3, 0.4) is 0 Å². The van der Waals surface area contributed by atoms with E-state index in [0.29, 0.717) is 12.1 Å². The molecular formula is C24H28N2O5. The van der Waals surface area contributed by atoms with Gasteiger partial charge in [-0.25, -0.2) is 9.36 Å². The third-order valence-electron chi connectivity index (χ3n) is 7.18. The number of fused-ring (bicyclic) bond motifs is 3. The normalized spacial score (nSPS) is 28.9. The van der Waals surface area contributed by atoms with E-state index in [1.165, 1.54) is 7.11 Å². The van der Waals surface area contributed by atoms with Gasteiger partial charge in [0.15, 0.2) is 0 Å². The number of nitrogens with zero attached hydrogens (tertiary/aromatic N) is 2. The molecule has 0 saturated heterocycles. The molecule has 1 saturated carbocycles. The van der Waals surface area contributed by atoms with Crippen LogP contribution in [0.2, 0.25) is 0 Å². The third-order valence-corrected chi connectivity index (χ3v) is 7.18. The van der Waals surface area contributed by atoms with Gasteiger partial charge in [-0.3, -0.25) is 4.79 Å². The smallest absolute Gasteiger partial charge is 0.419 e. The Bertz CT molecular complexity index is 1120. The maximum absolute atomic E-state index is 13.4. The van der Waals surface area contributed by atoms with Crippen LogP contribution >= 0.6 is 0 Å². The number of hydrogen-bond acceptors (Lipinski definition) is 6. The number of methoxy groups -OCH3 is 1. The number of ether oxygens (including phenoxy) is 2. The first-order valence-electron chi connectivity index (χ1n) is 10.8. The number of hydrogen-bond donors (Lipinski definition) is 0. The molecule has 2 aromatic rings. The molecule has 0 bridgehead atoms. The van der Waals surface area contributed by atoms with Crippen LogP contribution in [-0.4, -0.2) is 41.2 Å². The lowest BCUT2D eigenvalue weighted by Gasteiger charge is -2.33. The Morgan fingerprint density at radius 3 is 2.68 bits per heavy atom. The molecule has 1 aliphatic heterocycles. The summed E-state index contributed by atoms with van der Waals surface area (Å²) in [6.07, 6.45) is 1.62. The number of oxime groups is 1. The van der Waals surface area contributed by atoms with E-state index in [1.807, 2.05) is 45.0 Å². The fourth-order valence-corrected chi connectivity index (χ4v) is 5.80. The molecule has 2 aliphatic carbocycles. The van der Waals surface area contributed by atoms with Crippen LogP contribution in [0.15, 0.2) is 29.4 Å². The highest BCUT2D eigenvalue weighted by molar-refractivity contribution is 6.03. The van der Waals surface area contributed by atoms with Crippen LogP contribution in [0, 0.1) is 11.3 Å². The quantitative estimate of drug-likeness (QED) is 0.634. The van der Waals surface area contributed by atoms with E-state index >= 15 is 0 Å². The van der Waals surface area contributed by atoms with E-state index in [-0.39, 0.29) is 23.4 Å². The zero-order valence-corrected chi connectivity index (χ0v) is 18.6. The maximum atomic E-state index is 13.4. The van der Waals surface area contributed by atoms with Gasteiger partial charge in [0, 0.05) is 17.5 Å². The van der Waals surface area contributed by atoms with Gasteiger partial charge < -0.3 is 14.3 Å². The fraction of sp³-hybridized carbons (Fsp3) is 0.542. The number of benzene rings is 1. The molecular weight excluding hydrogens is 396 g/mol. The number of esters is 1. The molecule has 164 valence electrons. The van der Waals surface area contributed by atoms with Crippen molar-refractivity contribution in [3.05, 3.63) is 35.5 Å². The minimum atomic E-state index is -0.667. The summed E-state index contributed by atoms with van der Waals surface area (Å²) >= 11 is 0. The van der Waals surface area contributed by atoms with Crippen LogP contribution < -0.4 is 0 Å². The first-order chi connectivity index (χ1) is 14.7. The van der Waals surface area contributed by atoms with Gasteiger partial charge in [-0.1, -0.05) is 30.3 Å². The van der Waals surface area contributed by atoms with Crippen LogP contribution in [-0.2, 0) is 25.5 Å². The summed E-state index contributed by atoms with van der Waals surface area (Å²) in [5.41, 5.74) is 2.24. The molecule has 2 heterocycles. The van der Waals surface area contributed by atoms with Crippen molar-refractivity contribution in [3.63, 3.8) is 0 Å². The maximum Gasteiger partial charge on any atom is 0.419 e. The summed E-state index contributed by atoms with van der Waals surface area (Å²) in [5, 5.41) is 5.37. The fourth-order valence-electron chi connectivity index (χ4n) is 5.80. The Kier molecular flexibility index (Phi) is 4.27. The van der Waals surface area contributed by atoms with Crippen molar-refractivity contribution < 1.29 is 23.9 Å². The van der Waals surface area contributed by atoms with Crippen molar-refractivity contribution in [2.75, 3.05) is 7.11 Å². The summed E-state index contributed by atoms with van der Waals surface area (Å²) in [5.74, 6) is -1.02. The van der Waals surface area contributed by atoms with Gasteiger partial charge in [0.05, 0.1) is 23.8 Å². The first-order valence-corrected chi connectivity index (χ1v) is 10.8. The van der Waals surface area contributed by atoms with E-state index in [2.05, 4.69) is 12.1 Å². The van der Waals surface area contributed by atoms with E-state index in [9.17, 15) is 9.59 Å². The van der Waals surface area contributed by atoms with Crippen molar-refractivity contribution >= 4 is 28.7 Å². The average Bonchev–Trinajstić information content (AvgIpc) is 3.28. The third kappa shape index (κ3) is 2.75. The Balaban J connectivity index is 1.82. The molecule has 0 spiro atoms. The first kappa shape index (κ1) is 20.1. The highest BCUT2D eigenvalue weighted by atomic mass is 16.6. The molecule has 1 unspecified atom stereocenters.